The second kappa shape index (κ2) is 6.21. The Kier molecular flexibility index (Phi) is 4.53. The minimum Gasteiger partial charge on any atom is -0.423 e. The van der Waals surface area contributed by atoms with Crippen LogP contribution in [0.5, 0.6) is 0 Å². The summed E-state index contributed by atoms with van der Waals surface area (Å²) in [5.74, 6) is -0.599. The van der Waals surface area contributed by atoms with Crippen molar-refractivity contribution in [3.8, 4) is 0 Å². The quantitative estimate of drug-likeness (QED) is 0.755. The largest absolute Gasteiger partial charge is 0.488 e. The summed E-state index contributed by atoms with van der Waals surface area (Å²) < 4.78 is 37.8. The molecule has 0 heterocycles. The van der Waals surface area contributed by atoms with Crippen LogP contribution in [0.15, 0.2) is 48.5 Å². The summed E-state index contributed by atoms with van der Waals surface area (Å²) in [7, 11) is -1.65. The number of hydrogen-bond donors (Lipinski definition) is 3. The summed E-state index contributed by atoms with van der Waals surface area (Å²) in [6.45, 7) is 0. The molecule has 0 saturated carbocycles. The van der Waals surface area contributed by atoms with Gasteiger partial charge in [0.2, 0.25) is 0 Å². The summed E-state index contributed by atoms with van der Waals surface area (Å²) in [5, 5.41) is 20.2. The highest BCUT2D eigenvalue weighted by atomic mass is 19.4. The van der Waals surface area contributed by atoms with E-state index < -0.39 is 24.8 Å². The maximum absolute atomic E-state index is 12.6. The molecule has 0 aliphatic heterocycles. The molecule has 0 atom stereocenters. The van der Waals surface area contributed by atoms with E-state index in [2.05, 4.69) is 5.32 Å². The zero-order valence-corrected chi connectivity index (χ0v) is 11.1. The fourth-order valence-corrected chi connectivity index (χ4v) is 1.78. The number of amides is 1. The van der Waals surface area contributed by atoms with E-state index in [9.17, 15) is 18.0 Å². The van der Waals surface area contributed by atoms with Crippen molar-refractivity contribution in [1.82, 2.24) is 0 Å². The molecule has 2 aromatic carbocycles. The minimum absolute atomic E-state index is 0.0195. The van der Waals surface area contributed by atoms with Gasteiger partial charge in [0.1, 0.15) is 0 Å². The van der Waals surface area contributed by atoms with Crippen molar-refractivity contribution in [3.63, 3.8) is 0 Å². The van der Waals surface area contributed by atoms with Crippen LogP contribution in [0, 0.1) is 0 Å². The van der Waals surface area contributed by atoms with Gasteiger partial charge in [-0.15, -0.1) is 0 Å². The maximum Gasteiger partial charge on any atom is 0.488 e. The van der Waals surface area contributed by atoms with Crippen molar-refractivity contribution in [2.45, 2.75) is 6.18 Å². The van der Waals surface area contributed by atoms with E-state index in [0.29, 0.717) is 0 Å². The van der Waals surface area contributed by atoms with Gasteiger partial charge in [0.05, 0.1) is 5.56 Å². The Morgan fingerprint density at radius 2 is 1.68 bits per heavy atom. The Hall–Kier alpha value is -2.32. The number of alkyl halides is 3. The average molecular weight is 309 g/mol. The topological polar surface area (TPSA) is 69.6 Å². The van der Waals surface area contributed by atoms with E-state index in [1.165, 1.54) is 36.4 Å². The van der Waals surface area contributed by atoms with Crippen LogP contribution in [0.4, 0.5) is 18.9 Å². The van der Waals surface area contributed by atoms with Crippen molar-refractivity contribution in [2.75, 3.05) is 5.32 Å². The van der Waals surface area contributed by atoms with Crippen LogP contribution in [-0.4, -0.2) is 23.1 Å². The first-order chi connectivity index (χ1) is 10.3. The molecule has 0 spiro atoms. The lowest BCUT2D eigenvalue weighted by Gasteiger charge is -2.10. The molecule has 0 fully saturated rings. The lowest BCUT2D eigenvalue weighted by Crippen LogP contribution is -2.29. The number of carbonyl (C=O) groups is 1. The third-order valence-corrected chi connectivity index (χ3v) is 2.92. The van der Waals surface area contributed by atoms with E-state index in [1.807, 2.05) is 0 Å². The van der Waals surface area contributed by atoms with Gasteiger partial charge < -0.3 is 15.4 Å². The monoisotopic (exact) mass is 309 g/mol. The molecule has 22 heavy (non-hydrogen) atoms. The standard InChI is InChI=1S/C14H11BF3NO3/c16-14(17,18)10-2-1-3-12(8-10)19-13(20)9-4-6-11(7-5-9)15(21)22/h1-8,21-22H,(H,19,20). The van der Waals surface area contributed by atoms with Gasteiger partial charge in [-0.2, -0.15) is 13.2 Å². The Morgan fingerprint density at radius 1 is 1.05 bits per heavy atom. The number of nitrogens with one attached hydrogen (secondary N) is 1. The second-order valence-corrected chi connectivity index (χ2v) is 4.53. The Bertz CT molecular complexity index is 672. The van der Waals surface area contributed by atoms with Gasteiger partial charge >= 0.3 is 13.3 Å². The minimum atomic E-state index is -4.49. The molecule has 4 nitrogen and oxygen atoms in total. The Balaban J connectivity index is 2.15. The predicted octanol–water partition coefficient (Wildman–Crippen LogP) is 1.64. The lowest BCUT2D eigenvalue weighted by atomic mass is 9.80. The van der Waals surface area contributed by atoms with Gasteiger partial charge in [0, 0.05) is 11.3 Å². The zero-order chi connectivity index (χ0) is 16.3. The molecule has 3 N–H and O–H groups in total. The van der Waals surface area contributed by atoms with Crippen molar-refractivity contribution < 1.29 is 28.0 Å². The molecule has 1 amide bonds. The molecule has 8 heteroatoms. The second-order valence-electron chi connectivity index (χ2n) is 4.53. The van der Waals surface area contributed by atoms with Crippen LogP contribution >= 0.6 is 0 Å². The van der Waals surface area contributed by atoms with E-state index in [4.69, 9.17) is 10.0 Å². The molecular weight excluding hydrogens is 298 g/mol. The molecule has 0 unspecified atom stereocenters. The summed E-state index contributed by atoms with van der Waals surface area (Å²) in [6.07, 6.45) is -4.49. The number of hydrogen-bond acceptors (Lipinski definition) is 3. The number of carbonyl (C=O) groups excluding carboxylic acids is 1. The van der Waals surface area contributed by atoms with Crippen molar-refractivity contribution in [2.24, 2.45) is 0 Å². The van der Waals surface area contributed by atoms with Crippen molar-refractivity contribution >= 4 is 24.2 Å². The van der Waals surface area contributed by atoms with Crippen LogP contribution in [0.2, 0.25) is 0 Å². The van der Waals surface area contributed by atoms with E-state index in [0.717, 1.165) is 12.1 Å². The first-order valence-electron chi connectivity index (χ1n) is 6.22. The third-order valence-electron chi connectivity index (χ3n) is 2.92. The average Bonchev–Trinajstić information content (AvgIpc) is 2.46. The number of halogens is 3. The Labute approximate surface area is 124 Å². The highest BCUT2D eigenvalue weighted by Crippen LogP contribution is 2.30. The molecule has 114 valence electrons. The SMILES string of the molecule is O=C(Nc1cccc(C(F)(F)F)c1)c1ccc(B(O)O)cc1. The summed E-state index contributed by atoms with van der Waals surface area (Å²) in [4.78, 5) is 11.9. The molecule has 2 aromatic rings. The van der Waals surface area contributed by atoms with Gasteiger partial charge in [0.25, 0.3) is 5.91 Å². The first kappa shape index (κ1) is 16.1. The highest BCUT2D eigenvalue weighted by molar-refractivity contribution is 6.58. The summed E-state index contributed by atoms with van der Waals surface area (Å²) in [5.41, 5.74) is -0.451. The van der Waals surface area contributed by atoms with Gasteiger partial charge in [-0.05, 0) is 35.8 Å². The van der Waals surface area contributed by atoms with Crippen molar-refractivity contribution in [3.05, 3.63) is 59.7 Å². The highest BCUT2D eigenvalue weighted by Gasteiger charge is 2.30. The number of rotatable bonds is 3. The van der Waals surface area contributed by atoms with Gasteiger partial charge in [0.15, 0.2) is 0 Å². The lowest BCUT2D eigenvalue weighted by molar-refractivity contribution is -0.137. The fourth-order valence-electron chi connectivity index (χ4n) is 1.78. The fraction of sp³-hybridized carbons (Fsp3) is 0.0714. The molecule has 0 saturated heterocycles. The zero-order valence-electron chi connectivity index (χ0n) is 11.1. The predicted molar refractivity (Wildman–Crippen MR) is 75.7 cm³/mol. The molecule has 2 rings (SSSR count). The van der Waals surface area contributed by atoms with Gasteiger partial charge in [-0.1, -0.05) is 18.2 Å². The first-order valence-corrected chi connectivity index (χ1v) is 6.22. The maximum atomic E-state index is 12.6. The van der Waals surface area contributed by atoms with Gasteiger partial charge in [-0.3, -0.25) is 4.79 Å². The van der Waals surface area contributed by atoms with Crippen LogP contribution in [0.25, 0.3) is 0 Å². The van der Waals surface area contributed by atoms with Gasteiger partial charge in [-0.25, -0.2) is 0 Å². The van der Waals surface area contributed by atoms with Crippen molar-refractivity contribution in [1.29, 1.82) is 0 Å². The van der Waals surface area contributed by atoms with E-state index in [1.54, 1.807) is 0 Å². The van der Waals surface area contributed by atoms with E-state index >= 15 is 0 Å². The summed E-state index contributed by atoms with van der Waals surface area (Å²) in [6, 6.07) is 9.66. The Morgan fingerprint density at radius 3 is 2.23 bits per heavy atom. The smallest absolute Gasteiger partial charge is 0.423 e. The third kappa shape index (κ3) is 3.87. The molecule has 0 bridgehead atoms. The summed E-state index contributed by atoms with van der Waals surface area (Å²) >= 11 is 0. The van der Waals surface area contributed by atoms with Crippen LogP contribution in [0.3, 0.4) is 0 Å². The number of benzene rings is 2. The normalized spacial score (nSPS) is 11.1. The van der Waals surface area contributed by atoms with E-state index in [-0.39, 0.29) is 16.7 Å². The van der Waals surface area contributed by atoms with Crippen LogP contribution in [0.1, 0.15) is 15.9 Å². The molecule has 0 aromatic heterocycles. The molecule has 0 aliphatic rings. The number of anilines is 1. The molecule has 0 radical (unpaired) electrons. The molecule has 0 aliphatic carbocycles. The van der Waals surface area contributed by atoms with Crippen LogP contribution in [-0.2, 0) is 6.18 Å². The molecular formula is C14H11BF3NO3. The van der Waals surface area contributed by atoms with Crippen LogP contribution < -0.4 is 10.8 Å².